The van der Waals surface area contributed by atoms with E-state index >= 15 is 0 Å². The molecule has 1 aromatic carbocycles. The van der Waals surface area contributed by atoms with Gasteiger partial charge < -0.3 is 9.88 Å². The molecular weight excluding hydrogens is 265 g/mol. The van der Waals surface area contributed by atoms with Gasteiger partial charge in [-0.1, -0.05) is 12.1 Å². The maximum atomic E-state index is 13.6. The number of nitro groups is 1. The van der Waals surface area contributed by atoms with Crippen LogP contribution in [-0.4, -0.2) is 29.3 Å². The number of likely N-dealkylation sites (N-methyl/N-ethyl adjacent to an activating group) is 1. The Balaban J connectivity index is 2.11. The van der Waals surface area contributed by atoms with E-state index in [1.165, 1.54) is 11.0 Å². The highest BCUT2D eigenvalue weighted by Crippen LogP contribution is 2.18. The third-order valence-electron chi connectivity index (χ3n) is 2.82. The molecule has 0 bridgehead atoms. The van der Waals surface area contributed by atoms with Crippen molar-refractivity contribution in [3.05, 3.63) is 58.2 Å². The summed E-state index contributed by atoms with van der Waals surface area (Å²) in [4.78, 5) is 25.9. The molecule has 1 N–H and O–H groups in total. The van der Waals surface area contributed by atoms with Gasteiger partial charge in [-0.05, 0) is 12.1 Å². The van der Waals surface area contributed by atoms with Gasteiger partial charge in [0.1, 0.15) is 5.82 Å². The number of carbonyl (C=O) groups excluding carboxylic acids is 1. The summed E-state index contributed by atoms with van der Waals surface area (Å²) < 4.78 is 13.6. The Kier molecular flexibility index (Phi) is 3.79. The van der Waals surface area contributed by atoms with Crippen molar-refractivity contribution in [3.63, 3.8) is 0 Å². The first-order valence-corrected chi connectivity index (χ1v) is 5.80. The van der Waals surface area contributed by atoms with Crippen LogP contribution in [0.2, 0.25) is 0 Å². The molecule has 0 saturated carbocycles. The summed E-state index contributed by atoms with van der Waals surface area (Å²) in [5, 5.41) is 10.5. The van der Waals surface area contributed by atoms with E-state index in [-0.39, 0.29) is 23.7 Å². The molecule has 6 nitrogen and oxygen atoms in total. The van der Waals surface area contributed by atoms with Crippen molar-refractivity contribution < 1.29 is 14.1 Å². The lowest BCUT2D eigenvalue weighted by Gasteiger charge is -2.18. The van der Waals surface area contributed by atoms with E-state index in [1.54, 1.807) is 25.2 Å². The van der Waals surface area contributed by atoms with Gasteiger partial charge in [-0.3, -0.25) is 14.9 Å². The first-order chi connectivity index (χ1) is 9.49. The summed E-state index contributed by atoms with van der Waals surface area (Å²) in [7, 11) is 1.58. The summed E-state index contributed by atoms with van der Waals surface area (Å²) in [6, 6.07) is 7.24. The fourth-order valence-electron chi connectivity index (χ4n) is 1.80. The molecule has 20 heavy (non-hydrogen) atoms. The van der Waals surface area contributed by atoms with Gasteiger partial charge in [0.05, 0.1) is 29.0 Å². The number of benzene rings is 1. The maximum Gasteiger partial charge on any atom is 0.287 e. The molecule has 7 heteroatoms. The van der Waals surface area contributed by atoms with Crippen molar-refractivity contribution >= 4 is 17.2 Å². The number of rotatable bonds is 5. The predicted octanol–water partition coefficient (Wildman–Crippen LogP) is 2.38. The van der Waals surface area contributed by atoms with E-state index in [2.05, 4.69) is 4.98 Å². The Morgan fingerprint density at radius 1 is 1.45 bits per heavy atom. The lowest BCUT2D eigenvalue weighted by Crippen LogP contribution is -2.26. The van der Waals surface area contributed by atoms with Crippen molar-refractivity contribution in [2.45, 2.75) is 0 Å². The van der Waals surface area contributed by atoms with Gasteiger partial charge in [0.15, 0.2) is 5.78 Å². The van der Waals surface area contributed by atoms with Crippen LogP contribution in [0, 0.1) is 15.9 Å². The second kappa shape index (κ2) is 5.52. The van der Waals surface area contributed by atoms with Crippen LogP contribution in [0.15, 0.2) is 36.5 Å². The molecule has 0 radical (unpaired) electrons. The smallest absolute Gasteiger partial charge is 0.287 e. The molecule has 0 aliphatic carbocycles. The number of H-pyrrole nitrogens is 1. The van der Waals surface area contributed by atoms with E-state index in [0.29, 0.717) is 5.69 Å². The average molecular weight is 277 g/mol. The normalized spacial score (nSPS) is 10.3. The first kappa shape index (κ1) is 13.7. The van der Waals surface area contributed by atoms with Crippen molar-refractivity contribution in [1.29, 1.82) is 0 Å². The summed E-state index contributed by atoms with van der Waals surface area (Å²) in [5.74, 6) is -0.788. The molecule has 0 aliphatic rings. The lowest BCUT2D eigenvalue weighted by atomic mass is 10.2. The molecule has 0 fully saturated rings. The van der Waals surface area contributed by atoms with Crippen LogP contribution < -0.4 is 4.90 Å². The van der Waals surface area contributed by atoms with Gasteiger partial charge in [-0.25, -0.2) is 4.39 Å². The summed E-state index contributed by atoms with van der Waals surface area (Å²) >= 11 is 0. The number of hydrogen-bond donors (Lipinski definition) is 1. The maximum absolute atomic E-state index is 13.6. The molecule has 0 atom stereocenters. The van der Waals surface area contributed by atoms with Crippen molar-refractivity contribution in [3.8, 4) is 0 Å². The summed E-state index contributed by atoms with van der Waals surface area (Å²) in [6.07, 6.45) is 1.15. The third-order valence-corrected chi connectivity index (χ3v) is 2.82. The number of nitrogens with one attached hydrogen (secondary N) is 1. The number of nitrogens with zero attached hydrogens (tertiary/aromatic N) is 2. The van der Waals surface area contributed by atoms with Crippen LogP contribution in [0.25, 0.3) is 0 Å². The van der Waals surface area contributed by atoms with Crippen LogP contribution in [0.3, 0.4) is 0 Å². The quantitative estimate of drug-likeness (QED) is 0.517. The number of ketones is 1. The number of aromatic nitrogens is 1. The number of anilines is 1. The Morgan fingerprint density at radius 3 is 2.75 bits per heavy atom. The molecule has 1 heterocycles. The Bertz CT molecular complexity index is 654. The highest BCUT2D eigenvalue weighted by atomic mass is 19.1. The molecule has 0 saturated heterocycles. The number of carbonyl (C=O) groups is 1. The van der Waals surface area contributed by atoms with Gasteiger partial charge in [0, 0.05) is 13.1 Å². The molecule has 2 aromatic rings. The SMILES string of the molecule is CN(CC(=O)c1cc([N+](=O)[O-])c[nH]1)c1ccccc1F. The topological polar surface area (TPSA) is 79.2 Å². The van der Waals surface area contributed by atoms with Crippen molar-refractivity contribution in [2.75, 3.05) is 18.5 Å². The second-order valence-electron chi connectivity index (χ2n) is 4.26. The lowest BCUT2D eigenvalue weighted by molar-refractivity contribution is -0.384. The predicted molar refractivity (Wildman–Crippen MR) is 71.4 cm³/mol. The van der Waals surface area contributed by atoms with Gasteiger partial charge in [-0.15, -0.1) is 0 Å². The molecule has 0 amide bonds. The first-order valence-electron chi connectivity index (χ1n) is 5.80. The second-order valence-corrected chi connectivity index (χ2v) is 4.26. The summed E-state index contributed by atoms with van der Waals surface area (Å²) in [6.45, 7) is -0.0847. The van der Waals surface area contributed by atoms with Crippen LogP contribution in [0.4, 0.5) is 15.8 Å². The van der Waals surface area contributed by atoms with Crippen LogP contribution in [0.1, 0.15) is 10.5 Å². The number of Topliss-reactive ketones (excluding diaryl/α,β-unsaturated/α-hetero) is 1. The average Bonchev–Trinajstić information content (AvgIpc) is 2.88. The highest BCUT2D eigenvalue weighted by molar-refractivity contribution is 5.98. The van der Waals surface area contributed by atoms with E-state index in [0.717, 1.165) is 12.3 Å². The zero-order valence-corrected chi connectivity index (χ0v) is 10.7. The van der Waals surface area contributed by atoms with Crippen LogP contribution in [-0.2, 0) is 0 Å². The van der Waals surface area contributed by atoms with Gasteiger partial charge in [0.25, 0.3) is 5.69 Å². The highest BCUT2D eigenvalue weighted by Gasteiger charge is 2.17. The van der Waals surface area contributed by atoms with Crippen molar-refractivity contribution in [1.82, 2.24) is 4.98 Å². The van der Waals surface area contributed by atoms with Crippen LogP contribution >= 0.6 is 0 Å². The number of hydrogen-bond acceptors (Lipinski definition) is 4. The van der Waals surface area contributed by atoms with Gasteiger partial charge in [-0.2, -0.15) is 0 Å². The number of aromatic amines is 1. The minimum Gasteiger partial charge on any atom is -0.364 e. The fraction of sp³-hybridized carbons (Fsp3) is 0.154. The molecule has 0 unspecified atom stereocenters. The van der Waals surface area contributed by atoms with Crippen LogP contribution in [0.5, 0.6) is 0 Å². The Morgan fingerprint density at radius 2 is 2.15 bits per heavy atom. The zero-order valence-electron chi connectivity index (χ0n) is 10.7. The molecule has 0 spiro atoms. The van der Waals surface area contributed by atoms with Gasteiger partial charge in [0.2, 0.25) is 0 Å². The van der Waals surface area contributed by atoms with E-state index in [1.807, 2.05) is 0 Å². The van der Waals surface area contributed by atoms with Gasteiger partial charge >= 0.3 is 0 Å². The third kappa shape index (κ3) is 2.82. The van der Waals surface area contributed by atoms with E-state index in [4.69, 9.17) is 0 Å². The fourth-order valence-corrected chi connectivity index (χ4v) is 1.80. The number of halogens is 1. The zero-order chi connectivity index (χ0) is 14.7. The summed E-state index contributed by atoms with van der Waals surface area (Å²) in [5.41, 5.74) is 0.240. The molecule has 0 aliphatic heterocycles. The van der Waals surface area contributed by atoms with E-state index < -0.39 is 10.7 Å². The Hall–Kier alpha value is -2.70. The standard InChI is InChI=1S/C13H12FN3O3/c1-16(12-5-3-2-4-10(12)14)8-13(18)11-6-9(7-15-11)17(19)20/h2-7,15H,8H2,1H3. The minimum atomic E-state index is -0.589. The minimum absolute atomic E-state index is 0.0847. The number of para-hydroxylation sites is 1. The van der Waals surface area contributed by atoms with E-state index in [9.17, 15) is 19.3 Å². The molecule has 104 valence electrons. The molecular formula is C13H12FN3O3. The monoisotopic (exact) mass is 277 g/mol. The largest absolute Gasteiger partial charge is 0.364 e. The molecule has 1 aromatic heterocycles. The molecule has 2 rings (SSSR count). The Labute approximate surface area is 114 Å². The van der Waals surface area contributed by atoms with Crippen molar-refractivity contribution in [2.24, 2.45) is 0 Å².